The number of hydrogen-bond donors (Lipinski definition) is 0. The van der Waals surface area contributed by atoms with Gasteiger partial charge < -0.3 is 4.74 Å². The molecular formula is C15H12ClFN2O. The Hall–Kier alpha value is -2.07. The molecule has 0 saturated carbocycles. The first kappa shape index (κ1) is 12.9. The van der Waals surface area contributed by atoms with E-state index in [4.69, 9.17) is 16.3 Å². The summed E-state index contributed by atoms with van der Waals surface area (Å²) >= 11 is 6.03. The topological polar surface area (TPSA) is 26.5 Å². The van der Waals surface area contributed by atoms with Crippen LogP contribution in [0.5, 0.6) is 5.75 Å². The van der Waals surface area contributed by atoms with E-state index in [0.717, 1.165) is 11.3 Å². The largest absolute Gasteiger partial charge is 0.496 e. The lowest BCUT2D eigenvalue weighted by Crippen LogP contribution is -1.93. The van der Waals surface area contributed by atoms with Crippen molar-refractivity contribution in [3.8, 4) is 17.0 Å². The summed E-state index contributed by atoms with van der Waals surface area (Å²) in [4.78, 5) is 4.39. The molecule has 0 amide bonds. The summed E-state index contributed by atoms with van der Waals surface area (Å²) in [5.41, 5.74) is 2.45. The summed E-state index contributed by atoms with van der Waals surface area (Å²) in [5, 5.41) is 0. The number of pyridine rings is 1. The number of fused-ring (bicyclic) bond motifs is 1. The van der Waals surface area contributed by atoms with E-state index < -0.39 is 0 Å². The van der Waals surface area contributed by atoms with Crippen LogP contribution in [0.3, 0.4) is 0 Å². The molecule has 0 bridgehead atoms. The fraction of sp³-hybridized carbons (Fsp3) is 0.133. The Morgan fingerprint density at radius 3 is 2.80 bits per heavy atom. The number of benzene rings is 1. The molecule has 0 atom stereocenters. The molecular weight excluding hydrogens is 279 g/mol. The van der Waals surface area contributed by atoms with Crippen molar-refractivity contribution in [2.45, 2.75) is 5.88 Å². The molecule has 102 valence electrons. The molecule has 0 fully saturated rings. The number of methoxy groups -OCH3 is 1. The molecule has 2 heterocycles. The standard InChI is InChI=1S/C15H12ClFN2O/c1-20-13-7-3-2-5-10(13)14-12(9-16)19-8-4-6-11(17)15(19)18-14/h2-8H,9H2,1H3. The lowest BCUT2D eigenvalue weighted by Gasteiger charge is -2.07. The van der Waals surface area contributed by atoms with Crippen molar-refractivity contribution in [2.24, 2.45) is 0 Å². The summed E-state index contributed by atoms with van der Waals surface area (Å²) < 4.78 is 20.9. The van der Waals surface area contributed by atoms with Crippen LogP contribution in [0.4, 0.5) is 4.39 Å². The van der Waals surface area contributed by atoms with E-state index in [2.05, 4.69) is 4.98 Å². The molecule has 0 aliphatic heterocycles. The van der Waals surface area contributed by atoms with Gasteiger partial charge in [0.2, 0.25) is 0 Å². The van der Waals surface area contributed by atoms with Gasteiger partial charge in [0.25, 0.3) is 0 Å². The molecule has 2 aromatic heterocycles. The van der Waals surface area contributed by atoms with Crippen molar-refractivity contribution in [3.63, 3.8) is 0 Å². The van der Waals surface area contributed by atoms with Crippen molar-refractivity contribution >= 4 is 17.2 Å². The maximum absolute atomic E-state index is 13.9. The Morgan fingerprint density at radius 1 is 1.25 bits per heavy atom. The highest BCUT2D eigenvalue weighted by Gasteiger charge is 2.17. The third-order valence-electron chi connectivity index (χ3n) is 3.19. The van der Waals surface area contributed by atoms with Crippen molar-refractivity contribution in [3.05, 3.63) is 54.1 Å². The molecule has 3 aromatic rings. The average Bonchev–Trinajstić information content (AvgIpc) is 2.87. The monoisotopic (exact) mass is 290 g/mol. The smallest absolute Gasteiger partial charge is 0.174 e. The lowest BCUT2D eigenvalue weighted by atomic mass is 10.1. The van der Waals surface area contributed by atoms with Gasteiger partial charge in [-0.2, -0.15) is 0 Å². The number of para-hydroxylation sites is 1. The third-order valence-corrected chi connectivity index (χ3v) is 3.44. The van der Waals surface area contributed by atoms with Crippen LogP contribution in [0.25, 0.3) is 16.9 Å². The summed E-state index contributed by atoms with van der Waals surface area (Å²) in [5.74, 6) is 0.542. The van der Waals surface area contributed by atoms with Gasteiger partial charge in [0.05, 0.1) is 24.4 Å². The van der Waals surface area contributed by atoms with Gasteiger partial charge in [-0.25, -0.2) is 9.37 Å². The Morgan fingerprint density at radius 2 is 2.05 bits per heavy atom. The Labute approximate surface area is 120 Å². The number of imidazole rings is 1. The van der Waals surface area contributed by atoms with E-state index >= 15 is 0 Å². The lowest BCUT2D eigenvalue weighted by molar-refractivity contribution is 0.416. The molecule has 3 nitrogen and oxygen atoms in total. The van der Waals surface area contributed by atoms with Gasteiger partial charge in [0.15, 0.2) is 11.5 Å². The molecule has 0 aliphatic rings. The molecule has 5 heteroatoms. The Kier molecular flexibility index (Phi) is 3.32. The molecule has 1 aromatic carbocycles. The predicted molar refractivity (Wildman–Crippen MR) is 76.7 cm³/mol. The van der Waals surface area contributed by atoms with Gasteiger partial charge in [0.1, 0.15) is 5.75 Å². The minimum Gasteiger partial charge on any atom is -0.496 e. The van der Waals surface area contributed by atoms with E-state index in [1.54, 1.807) is 23.8 Å². The van der Waals surface area contributed by atoms with Gasteiger partial charge in [-0.15, -0.1) is 11.6 Å². The van der Waals surface area contributed by atoms with E-state index in [9.17, 15) is 4.39 Å². The summed E-state index contributed by atoms with van der Waals surface area (Å²) in [7, 11) is 1.59. The van der Waals surface area contributed by atoms with Crippen LogP contribution in [0, 0.1) is 5.82 Å². The van der Waals surface area contributed by atoms with Gasteiger partial charge in [-0.1, -0.05) is 12.1 Å². The first-order valence-corrected chi connectivity index (χ1v) is 6.64. The van der Waals surface area contributed by atoms with Crippen molar-refractivity contribution in [1.82, 2.24) is 9.38 Å². The minimum atomic E-state index is -0.375. The molecule has 0 N–H and O–H groups in total. The second-order valence-corrected chi connectivity index (χ2v) is 4.56. The van der Waals surface area contributed by atoms with E-state index in [1.165, 1.54) is 6.07 Å². The molecule has 0 aliphatic carbocycles. The zero-order valence-electron chi connectivity index (χ0n) is 10.8. The summed E-state index contributed by atoms with van der Waals surface area (Å²) in [6, 6.07) is 10.5. The number of rotatable bonds is 3. The molecule has 0 spiro atoms. The average molecular weight is 291 g/mol. The first-order chi connectivity index (χ1) is 9.76. The number of aromatic nitrogens is 2. The first-order valence-electron chi connectivity index (χ1n) is 6.11. The Balaban J connectivity index is 2.33. The van der Waals surface area contributed by atoms with Crippen LogP contribution in [0.2, 0.25) is 0 Å². The number of nitrogens with zero attached hydrogens (tertiary/aromatic N) is 2. The van der Waals surface area contributed by atoms with Crippen molar-refractivity contribution in [1.29, 1.82) is 0 Å². The third kappa shape index (κ3) is 1.93. The van der Waals surface area contributed by atoms with Crippen LogP contribution in [0.1, 0.15) is 5.69 Å². The highest BCUT2D eigenvalue weighted by Crippen LogP contribution is 2.33. The van der Waals surface area contributed by atoms with E-state index in [-0.39, 0.29) is 17.3 Å². The quantitative estimate of drug-likeness (QED) is 0.684. The van der Waals surface area contributed by atoms with Crippen molar-refractivity contribution in [2.75, 3.05) is 7.11 Å². The molecule has 20 heavy (non-hydrogen) atoms. The van der Waals surface area contributed by atoms with Crippen LogP contribution in [0.15, 0.2) is 42.6 Å². The fourth-order valence-electron chi connectivity index (χ4n) is 2.27. The highest BCUT2D eigenvalue weighted by molar-refractivity contribution is 6.17. The predicted octanol–water partition coefficient (Wildman–Crippen LogP) is 3.89. The molecule has 3 rings (SSSR count). The number of ether oxygens (including phenoxy) is 1. The number of alkyl halides is 1. The van der Waals surface area contributed by atoms with Crippen molar-refractivity contribution < 1.29 is 9.13 Å². The zero-order chi connectivity index (χ0) is 14.1. The second-order valence-electron chi connectivity index (χ2n) is 4.29. The number of halogens is 2. The van der Waals surface area contributed by atoms with Crippen LogP contribution in [-0.4, -0.2) is 16.5 Å². The van der Waals surface area contributed by atoms with Gasteiger partial charge >= 0.3 is 0 Å². The normalized spacial score (nSPS) is 10.9. The van der Waals surface area contributed by atoms with Gasteiger partial charge in [0, 0.05) is 11.8 Å². The van der Waals surface area contributed by atoms with E-state index in [0.29, 0.717) is 11.4 Å². The molecule has 0 unspecified atom stereocenters. The zero-order valence-corrected chi connectivity index (χ0v) is 11.6. The molecule has 0 radical (unpaired) electrons. The second kappa shape index (κ2) is 5.13. The van der Waals surface area contributed by atoms with Crippen LogP contribution >= 0.6 is 11.6 Å². The summed E-state index contributed by atoms with van der Waals surface area (Å²) in [6.45, 7) is 0. The molecule has 0 saturated heterocycles. The SMILES string of the molecule is COc1ccccc1-c1nc2c(F)cccn2c1CCl. The van der Waals surface area contributed by atoms with Crippen LogP contribution in [-0.2, 0) is 5.88 Å². The maximum atomic E-state index is 13.9. The minimum absolute atomic E-state index is 0.234. The highest BCUT2D eigenvalue weighted by atomic mass is 35.5. The summed E-state index contributed by atoms with van der Waals surface area (Å²) in [6.07, 6.45) is 1.75. The van der Waals surface area contributed by atoms with Gasteiger partial charge in [-0.3, -0.25) is 4.40 Å². The van der Waals surface area contributed by atoms with E-state index in [1.807, 2.05) is 24.3 Å². The Bertz CT molecular complexity index is 770. The van der Waals surface area contributed by atoms with Gasteiger partial charge in [-0.05, 0) is 24.3 Å². The van der Waals surface area contributed by atoms with Crippen LogP contribution < -0.4 is 4.74 Å². The maximum Gasteiger partial charge on any atom is 0.174 e. The fourth-order valence-corrected chi connectivity index (χ4v) is 2.52. The number of hydrogen-bond acceptors (Lipinski definition) is 2.